The number of anilines is 3. The predicted octanol–water partition coefficient (Wildman–Crippen LogP) is 9.26. The smallest absolute Gasteiger partial charge is 0.0584 e. The molecule has 1 heteroatoms. The third kappa shape index (κ3) is 2.89. The molecular formula is C35H29N. The first-order valence-corrected chi connectivity index (χ1v) is 12.8. The lowest BCUT2D eigenvalue weighted by atomic mass is 9.72. The molecule has 36 heavy (non-hydrogen) atoms. The number of para-hydroxylation sites is 2. The molecule has 1 nitrogen and oxygen atoms in total. The maximum Gasteiger partial charge on any atom is 0.0584 e. The molecule has 5 aromatic carbocycles. The highest BCUT2D eigenvalue weighted by Gasteiger charge is 2.42. The van der Waals surface area contributed by atoms with E-state index >= 15 is 0 Å². The first-order valence-electron chi connectivity index (χ1n) is 12.8. The largest absolute Gasteiger partial charge is 0.309 e. The monoisotopic (exact) mass is 463 g/mol. The van der Waals surface area contributed by atoms with Crippen LogP contribution in [-0.4, -0.2) is 0 Å². The first kappa shape index (κ1) is 21.2. The fraction of sp³-hybridized carbons (Fsp3) is 0.143. The molecule has 0 N–H and O–H groups in total. The van der Waals surface area contributed by atoms with Gasteiger partial charge in [0.25, 0.3) is 0 Å². The van der Waals surface area contributed by atoms with Gasteiger partial charge in [0.1, 0.15) is 0 Å². The van der Waals surface area contributed by atoms with Crippen LogP contribution in [0.25, 0.3) is 11.1 Å². The SMILES string of the molecule is Cc1ccc2c(c1)-c1c(ccc3c1N(c1ccccc1)c1ccccc1C3(C)C)C2c1ccccc1. The van der Waals surface area contributed by atoms with Crippen molar-refractivity contribution < 1.29 is 0 Å². The fourth-order valence-corrected chi connectivity index (χ4v) is 6.49. The van der Waals surface area contributed by atoms with E-state index in [9.17, 15) is 0 Å². The van der Waals surface area contributed by atoms with E-state index < -0.39 is 0 Å². The van der Waals surface area contributed by atoms with Crippen LogP contribution in [0.4, 0.5) is 17.1 Å². The van der Waals surface area contributed by atoms with Crippen LogP contribution < -0.4 is 4.90 Å². The van der Waals surface area contributed by atoms with Gasteiger partial charge in [0, 0.05) is 22.6 Å². The van der Waals surface area contributed by atoms with Crippen LogP contribution in [0.5, 0.6) is 0 Å². The molecule has 0 bridgehead atoms. The molecule has 174 valence electrons. The van der Waals surface area contributed by atoms with Crippen LogP contribution in [0.2, 0.25) is 0 Å². The van der Waals surface area contributed by atoms with Gasteiger partial charge in [-0.2, -0.15) is 0 Å². The zero-order chi connectivity index (χ0) is 24.4. The molecule has 0 fully saturated rings. The second-order valence-electron chi connectivity index (χ2n) is 10.7. The summed E-state index contributed by atoms with van der Waals surface area (Å²) < 4.78 is 0. The minimum Gasteiger partial charge on any atom is -0.309 e. The van der Waals surface area contributed by atoms with E-state index in [-0.39, 0.29) is 11.3 Å². The van der Waals surface area contributed by atoms with Gasteiger partial charge in [0.05, 0.1) is 11.4 Å². The van der Waals surface area contributed by atoms with Crippen molar-refractivity contribution in [2.75, 3.05) is 4.90 Å². The molecule has 0 radical (unpaired) electrons. The van der Waals surface area contributed by atoms with Gasteiger partial charge in [-0.3, -0.25) is 0 Å². The van der Waals surface area contributed by atoms with Crippen molar-refractivity contribution >= 4 is 17.1 Å². The highest BCUT2D eigenvalue weighted by atomic mass is 15.2. The van der Waals surface area contributed by atoms with E-state index in [1.807, 2.05) is 0 Å². The van der Waals surface area contributed by atoms with Crippen molar-refractivity contribution in [2.24, 2.45) is 0 Å². The van der Waals surface area contributed by atoms with Crippen molar-refractivity contribution in [3.05, 3.63) is 149 Å². The Morgan fingerprint density at radius 1 is 0.639 bits per heavy atom. The van der Waals surface area contributed by atoms with E-state index in [1.165, 1.54) is 61.6 Å². The third-order valence-corrected chi connectivity index (χ3v) is 8.17. The van der Waals surface area contributed by atoms with Crippen molar-refractivity contribution in [2.45, 2.75) is 32.1 Å². The Kier molecular flexibility index (Phi) is 4.53. The standard InChI is InChI=1S/C35H29N/c1-23-18-19-26-28(22-23)33-27(32(26)24-12-6-4-7-13-24)20-21-30-34(33)36(25-14-8-5-9-15-25)31-17-11-10-16-29(31)35(30,2)3/h4-22,32H,1-3H3. The Bertz CT molecular complexity index is 1610. The van der Waals surface area contributed by atoms with Crippen molar-refractivity contribution in [1.82, 2.24) is 0 Å². The Balaban J connectivity index is 1.61. The van der Waals surface area contributed by atoms with Crippen LogP contribution >= 0.6 is 0 Å². The topological polar surface area (TPSA) is 3.24 Å². The van der Waals surface area contributed by atoms with Crippen molar-refractivity contribution in [1.29, 1.82) is 0 Å². The van der Waals surface area contributed by atoms with E-state index in [2.05, 4.69) is 141 Å². The molecule has 1 aliphatic carbocycles. The number of hydrogen-bond donors (Lipinski definition) is 0. The van der Waals surface area contributed by atoms with Crippen molar-refractivity contribution in [3.8, 4) is 11.1 Å². The van der Waals surface area contributed by atoms with Gasteiger partial charge in [-0.25, -0.2) is 0 Å². The van der Waals surface area contributed by atoms with Gasteiger partial charge in [-0.05, 0) is 58.5 Å². The number of rotatable bonds is 2. The third-order valence-electron chi connectivity index (χ3n) is 8.17. The van der Waals surface area contributed by atoms with E-state index in [0.29, 0.717) is 0 Å². The summed E-state index contributed by atoms with van der Waals surface area (Å²) in [6.45, 7) is 6.96. The maximum absolute atomic E-state index is 2.51. The van der Waals surface area contributed by atoms with Crippen LogP contribution in [0.1, 0.15) is 53.1 Å². The average molecular weight is 464 g/mol. The van der Waals surface area contributed by atoms with Crippen LogP contribution in [0, 0.1) is 6.92 Å². The molecule has 2 aliphatic rings. The number of nitrogens with zero attached hydrogens (tertiary/aromatic N) is 1. The Labute approximate surface area is 213 Å². The molecule has 7 rings (SSSR count). The zero-order valence-electron chi connectivity index (χ0n) is 21.0. The Hall–Kier alpha value is -4.10. The quantitative estimate of drug-likeness (QED) is 0.247. The second kappa shape index (κ2) is 7.70. The van der Waals surface area contributed by atoms with Crippen LogP contribution in [0.15, 0.2) is 115 Å². The molecule has 0 spiro atoms. The lowest BCUT2D eigenvalue weighted by Crippen LogP contribution is -2.31. The minimum atomic E-state index is -0.110. The number of hydrogen-bond acceptors (Lipinski definition) is 1. The normalized spacial score (nSPS) is 16.6. The molecule has 1 atom stereocenters. The van der Waals surface area contributed by atoms with Gasteiger partial charge in [-0.15, -0.1) is 0 Å². The highest BCUT2D eigenvalue weighted by Crippen LogP contribution is 2.60. The van der Waals surface area contributed by atoms with E-state index in [1.54, 1.807) is 0 Å². The summed E-state index contributed by atoms with van der Waals surface area (Å²) in [7, 11) is 0. The molecule has 1 unspecified atom stereocenters. The fourth-order valence-electron chi connectivity index (χ4n) is 6.49. The summed E-state index contributed by atoms with van der Waals surface area (Å²) in [5, 5.41) is 0. The summed E-state index contributed by atoms with van der Waals surface area (Å²) >= 11 is 0. The lowest BCUT2D eigenvalue weighted by molar-refractivity contribution is 0.632. The molecule has 1 aliphatic heterocycles. The van der Waals surface area contributed by atoms with Crippen molar-refractivity contribution in [3.63, 3.8) is 0 Å². The Morgan fingerprint density at radius 2 is 1.31 bits per heavy atom. The summed E-state index contributed by atoms with van der Waals surface area (Å²) in [6.07, 6.45) is 0. The molecule has 0 saturated heterocycles. The molecular weight excluding hydrogens is 434 g/mol. The van der Waals surface area contributed by atoms with Gasteiger partial charge < -0.3 is 4.90 Å². The summed E-state index contributed by atoms with van der Waals surface area (Å²) in [5.74, 6) is 0.236. The molecule has 0 saturated carbocycles. The summed E-state index contributed by atoms with van der Waals surface area (Å²) in [4.78, 5) is 2.51. The summed E-state index contributed by atoms with van der Waals surface area (Å²) in [5.41, 5.74) is 14.6. The number of aryl methyl sites for hydroxylation is 1. The highest BCUT2D eigenvalue weighted by molar-refractivity contribution is 5.99. The van der Waals surface area contributed by atoms with Crippen LogP contribution in [0.3, 0.4) is 0 Å². The zero-order valence-corrected chi connectivity index (χ0v) is 21.0. The van der Waals surface area contributed by atoms with Gasteiger partial charge in [-0.1, -0.05) is 116 Å². The van der Waals surface area contributed by atoms with E-state index in [0.717, 1.165) is 0 Å². The second-order valence-corrected chi connectivity index (χ2v) is 10.7. The average Bonchev–Trinajstić information content (AvgIpc) is 3.24. The van der Waals surface area contributed by atoms with Gasteiger partial charge in [0.2, 0.25) is 0 Å². The molecule has 0 aromatic heterocycles. The van der Waals surface area contributed by atoms with E-state index in [4.69, 9.17) is 0 Å². The van der Waals surface area contributed by atoms with Crippen LogP contribution in [-0.2, 0) is 5.41 Å². The lowest BCUT2D eigenvalue weighted by Gasteiger charge is -2.43. The van der Waals surface area contributed by atoms with Gasteiger partial charge in [0.15, 0.2) is 0 Å². The Morgan fingerprint density at radius 3 is 2.08 bits per heavy atom. The first-order chi connectivity index (χ1) is 17.6. The molecule has 1 heterocycles. The number of fused-ring (bicyclic) bond motifs is 6. The number of benzene rings is 5. The maximum atomic E-state index is 2.51. The summed E-state index contributed by atoms with van der Waals surface area (Å²) in [6, 6.07) is 42.6. The molecule has 0 amide bonds. The molecule has 5 aromatic rings. The van der Waals surface area contributed by atoms with Gasteiger partial charge >= 0.3 is 0 Å². The minimum absolute atomic E-state index is 0.110. The predicted molar refractivity (Wildman–Crippen MR) is 151 cm³/mol.